The van der Waals surface area contributed by atoms with Crippen molar-refractivity contribution in [2.75, 3.05) is 0 Å². The molecule has 2 heteroatoms. The molecule has 72 valence electrons. The molecule has 0 aromatic heterocycles. The van der Waals surface area contributed by atoms with Crippen LogP contribution in [0.1, 0.15) is 39.5 Å². The molecule has 1 fully saturated rings. The Bertz CT molecular complexity index is 261. The zero-order chi connectivity index (χ0) is 9.47. The van der Waals surface area contributed by atoms with Crippen LogP contribution >= 0.6 is 0 Å². The molecule has 0 aromatic rings. The SMILES string of the molecule is CC1(C)CC=C(C2CCC2)NC1=O. The molecule has 0 unspecified atom stereocenters. The van der Waals surface area contributed by atoms with Crippen molar-refractivity contribution in [3.8, 4) is 0 Å². The lowest BCUT2D eigenvalue weighted by Gasteiger charge is -2.35. The number of hydrogen-bond donors (Lipinski definition) is 1. The van der Waals surface area contributed by atoms with E-state index in [1.165, 1.54) is 25.0 Å². The molecule has 0 radical (unpaired) electrons. The van der Waals surface area contributed by atoms with Crippen LogP contribution in [0.5, 0.6) is 0 Å². The monoisotopic (exact) mass is 179 g/mol. The minimum atomic E-state index is -0.201. The number of nitrogens with one attached hydrogen (secondary N) is 1. The van der Waals surface area contributed by atoms with E-state index in [2.05, 4.69) is 11.4 Å². The van der Waals surface area contributed by atoms with Gasteiger partial charge in [0.2, 0.25) is 5.91 Å². The van der Waals surface area contributed by atoms with Gasteiger partial charge in [-0.1, -0.05) is 26.3 Å². The van der Waals surface area contributed by atoms with E-state index in [1.54, 1.807) is 0 Å². The summed E-state index contributed by atoms with van der Waals surface area (Å²) in [5.74, 6) is 0.844. The third-order valence-electron chi connectivity index (χ3n) is 3.25. The second kappa shape index (κ2) is 2.86. The number of carbonyl (C=O) groups is 1. The van der Waals surface area contributed by atoms with E-state index in [-0.39, 0.29) is 11.3 Å². The first-order valence-corrected chi connectivity index (χ1v) is 5.11. The molecule has 13 heavy (non-hydrogen) atoms. The molecule has 0 spiro atoms. The van der Waals surface area contributed by atoms with Crippen molar-refractivity contribution in [3.05, 3.63) is 11.8 Å². The number of carbonyl (C=O) groups excluding carboxylic acids is 1. The number of rotatable bonds is 1. The fraction of sp³-hybridized carbons (Fsp3) is 0.727. The van der Waals surface area contributed by atoms with Gasteiger partial charge in [0.1, 0.15) is 0 Å². The Hall–Kier alpha value is -0.790. The number of hydrogen-bond acceptors (Lipinski definition) is 1. The van der Waals surface area contributed by atoms with Gasteiger partial charge in [0.15, 0.2) is 0 Å². The zero-order valence-electron chi connectivity index (χ0n) is 8.39. The molecule has 2 aliphatic rings. The Morgan fingerprint density at radius 2 is 2.15 bits per heavy atom. The summed E-state index contributed by atoms with van der Waals surface area (Å²) in [7, 11) is 0. The van der Waals surface area contributed by atoms with Gasteiger partial charge < -0.3 is 5.32 Å². The predicted octanol–water partition coefficient (Wildman–Crippen LogP) is 2.22. The van der Waals surface area contributed by atoms with Crippen LogP contribution < -0.4 is 5.32 Å². The first-order valence-electron chi connectivity index (χ1n) is 5.11. The van der Waals surface area contributed by atoms with Gasteiger partial charge >= 0.3 is 0 Å². The first-order chi connectivity index (χ1) is 6.09. The van der Waals surface area contributed by atoms with Crippen molar-refractivity contribution in [1.82, 2.24) is 5.32 Å². The molecule has 0 saturated heterocycles. The molecule has 2 rings (SSSR count). The Labute approximate surface area is 79.4 Å². The van der Waals surface area contributed by atoms with Crippen LogP contribution in [0.4, 0.5) is 0 Å². The highest BCUT2D eigenvalue weighted by atomic mass is 16.2. The molecule has 1 aliphatic carbocycles. The van der Waals surface area contributed by atoms with Gasteiger partial charge in [0.25, 0.3) is 0 Å². The Kier molecular flexibility index (Phi) is 1.94. The van der Waals surface area contributed by atoms with E-state index < -0.39 is 0 Å². The summed E-state index contributed by atoms with van der Waals surface area (Å²) in [5.41, 5.74) is 0.989. The standard InChI is InChI=1S/C11H17NO/c1-11(2)7-6-9(12-10(11)13)8-4-3-5-8/h6,8H,3-5,7H2,1-2H3,(H,12,13). The summed E-state index contributed by atoms with van der Waals surface area (Å²) in [6, 6.07) is 0. The molecule has 0 atom stereocenters. The van der Waals surface area contributed by atoms with Crippen LogP contribution in [-0.2, 0) is 4.79 Å². The normalized spacial score (nSPS) is 27.5. The van der Waals surface area contributed by atoms with Gasteiger partial charge in [-0.2, -0.15) is 0 Å². The lowest BCUT2D eigenvalue weighted by atomic mass is 9.78. The quantitative estimate of drug-likeness (QED) is 0.657. The smallest absolute Gasteiger partial charge is 0.230 e. The minimum absolute atomic E-state index is 0.192. The summed E-state index contributed by atoms with van der Waals surface area (Å²) >= 11 is 0. The van der Waals surface area contributed by atoms with Crippen LogP contribution in [0.3, 0.4) is 0 Å². The average Bonchev–Trinajstić information content (AvgIpc) is 1.94. The van der Waals surface area contributed by atoms with Crippen molar-refractivity contribution >= 4 is 5.91 Å². The van der Waals surface area contributed by atoms with Gasteiger partial charge in [-0.05, 0) is 25.2 Å². The van der Waals surface area contributed by atoms with Crippen molar-refractivity contribution in [3.63, 3.8) is 0 Å². The van der Waals surface area contributed by atoms with E-state index in [4.69, 9.17) is 0 Å². The molecular weight excluding hydrogens is 162 g/mol. The van der Waals surface area contributed by atoms with Crippen LogP contribution in [0.2, 0.25) is 0 Å². The summed E-state index contributed by atoms with van der Waals surface area (Å²) in [6.45, 7) is 3.99. The predicted molar refractivity (Wildman–Crippen MR) is 52.0 cm³/mol. The molecule has 1 amide bonds. The van der Waals surface area contributed by atoms with Crippen LogP contribution in [0.25, 0.3) is 0 Å². The molecule has 1 saturated carbocycles. The third kappa shape index (κ3) is 1.50. The first kappa shape index (κ1) is 8.79. The maximum atomic E-state index is 11.6. The van der Waals surface area contributed by atoms with Gasteiger partial charge in [0, 0.05) is 11.1 Å². The van der Waals surface area contributed by atoms with Crippen molar-refractivity contribution in [1.29, 1.82) is 0 Å². The molecule has 1 heterocycles. The summed E-state index contributed by atoms with van der Waals surface area (Å²) in [5, 5.41) is 3.03. The van der Waals surface area contributed by atoms with E-state index in [0.29, 0.717) is 5.92 Å². The van der Waals surface area contributed by atoms with Gasteiger partial charge in [0.05, 0.1) is 0 Å². The van der Waals surface area contributed by atoms with Crippen LogP contribution in [0.15, 0.2) is 11.8 Å². The third-order valence-corrected chi connectivity index (χ3v) is 3.25. The Morgan fingerprint density at radius 1 is 1.46 bits per heavy atom. The zero-order valence-corrected chi connectivity index (χ0v) is 8.39. The van der Waals surface area contributed by atoms with Crippen LogP contribution in [-0.4, -0.2) is 5.91 Å². The molecule has 1 aliphatic heterocycles. The van der Waals surface area contributed by atoms with E-state index in [9.17, 15) is 4.79 Å². The maximum Gasteiger partial charge on any atom is 0.230 e. The lowest BCUT2D eigenvalue weighted by molar-refractivity contribution is -0.129. The summed E-state index contributed by atoms with van der Waals surface area (Å²) in [4.78, 5) is 11.6. The molecular formula is C11H17NO. The highest BCUT2D eigenvalue weighted by Crippen LogP contribution is 2.36. The fourth-order valence-electron chi connectivity index (χ4n) is 1.80. The van der Waals surface area contributed by atoms with E-state index in [0.717, 1.165) is 6.42 Å². The van der Waals surface area contributed by atoms with Crippen molar-refractivity contribution < 1.29 is 4.79 Å². The maximum absolute atomic E-state index is 11.6. The second-order valence-electron chi connectivity index (χ2n) is 4.83. The second-order valence-corrected chi connectivity index (χ2v) is 4.83. The highest BCUT2D eigenvalue weighted by molar-refractivity contribution is 5.84. The number of amides is 1. The topological polar surface area (TPSA) is 29.1 Å². The highest BCUT2D eigenvalue weighted by Gasteiger charge is 2.33. The fourth-order valence-corrected chi connectivity index (χ4v) is 1.80. The minimum Gasteiger partial charge on any atom is -0.329 e. The molecule has 0 aromatic carbocycles. The lowest BCUT2D eigenvalue weighted by Crippen LogP contribution is -2.42. The largest absolute Gasteiger partial charge is 0.329 e. The molecule has 0 bridgehead atoms. The van der Waals surface area contributed by atoms with E-state index in [1.807, 2.05) is 13.8 Å². The van der Waals surface area contributed by atoms with Crippen molar-refractivity contribution in [2.24, 2.45) is 11.3 Å². The van der Waals surface area contributed by atoms with Gasteiger partial charge in [-0.3, -0.25) is 4.79 Å². The van der Waals surface area contributed by atoms with Crippen molar-refractivity contribution in [2.45, 2.75) is 39.5 Å². The summed E-state index contributed by atoms with van der Waals surface area (Å²) in [6.07, 6.45) is 6.94. The molecule has 1 N–H and O–H groups in total. The number of allylic oxidation sites excluding steroid dienone is 2. The Balaban J connectivity index is 2.08. The summed E-state index contributed by atoms with van der Waals surface area (Å²) < 4.78 is 0. The average molecular weight is 179 g/mol. The van der Waals surface area contributed by atoms with Crippen LogP contribution in [0, 0.1) is 11.3 Å². The van der Waals surface area contributed by atoms with Gasteiger partial charge in [-0.25, -0.2) is 0 Å². The Morgan fingerprint density at radius 3 is 2.62 bits per heavy atom. The van der Waals surface area contributed by atoms with Gasteiger partial charge in [-0.15, -0.1) is 0 Å². The van der Waals surface area contributed by atoms with E-state index >= 15 is 0 Å². The molecule has 2 nitrogen and oxygen atoms in total.